The van der Waals surface area contributed by atoms with Gasteiger partial charge >= 0.3 is 11.7 Å². The number of carbonyl (C=O) groups is 1. The smallest absolute Gasteiger partial charge is 0.351 e. The topological polar surface area (TPSA) is 96.4 Å². The Hall–Kier alpha value is -2.01. The highest BCUT2D eigenvalue weighted by Crippen LogP contribution is 2.36. The molecule has 4 atom stereocenters. The molecule has 1 aliphatic heterocycles. The van der Waals surface area contributed by atoms with E-state index in [0.29, 0.717) is 5.56 Å². The highest BCUT2D eigenvalue weighted by atomic mass is 127. The van der Waals surface area contributed by atoms with Crippen LogP contribution in [0.3, 0.4) is 0 Å². The van der Waals surface area contributed by atoms with Gasteiger partial charge in [-0.05, 0) is 18.2 Å². The second-order valence-corrected chi connectivity index (χ2v) is 6.90. The number of nitrogens with zero attached hydrogens (tertiary/aromatic N) is 2. The molecule has 0 unspecified atom stereocenters. The molecular formula is C16H15FIN3O4. The van der Waals surface area contributed by atoms with Crippen LogP contribution in [-0.4, -0.2) is 38.3 Å². The molecule has 25 heavy (non-hydrogen) atoms. The van der Waals surface area contributed by atoms with Gasteiger partial charge in [-0.2, -0.15) is 4.98 Å². The van der Waals surface area contributed by atoms with Crippen molar-refractivity contribution in [2.24, 2.45) is 0 Å². The van der Waals surface area contributed by atoms with E-state index in [1.165, 1.54) is 12.3 Å². The molecule has 132 valence electrons. The van der Waals surface area contributed by atoms with Crippen LogP contribution in [0, 0.1) is 0 Å². The first-order valence-electron chi connectivity index (χ1n) is 7.48. The highest BCUT2D eigenvalue weighted by Gasteiger charge is 2.45. The molecule has 2 heterocycles. The second-order valence-electron chi connectivity index (χ2n) is 5.46. The molecule has 1 aliphatic rings. The maximum Gasteiger partial charge on any atom is 0.351 e. The van der Waals surface area contributed by atoms with Gasteiger partial charge in [0, 0.05) is 6.20 Å². The van der Waals surface area contributed by atoms with Gasteiger partial charge in [0.15, 0.2) is 12.4 Å². The van der Waals surface area contributed by atoms with Crippen LogP contribution in [0.5, 0.6) is 0 Å². The summed E-state index contributed by atoms with van der Waals surface area (Å²) in [6, 6.07) is 9.87. The molecule has 7 nitrogen and oxygen atoms in total. The van der Waals surface area contributed by atoms with Crippen molar-refractivity contribution in [3.8, 4) is 0 Å². The van der Waals surface area contributed by atoms with E-state index in [9.17, 15) is 14.0 Å². The molecular weight excluding hydrogens is 444 g/mol. The molecule has 9 heteroatoms. The van der Waals surface area contributed by atoms with Crippen molar-refractivity contribution in [2.75, 3.05) is 12.3 Å². The van der Waals surface area contributed by atoms with Crippen molar-refractivity contribution in [2.45, 2.75) is 22.4 Å². The fourth-order valence-electron chi connectivity index (χ4n) is 2.48. The van der Waals surface area contributed by atoms with E-state index in [4.69, 9.17) is 15.2 Å². The lowest BCUT2D eigenvalue weighted by Gasteiger charge is -2.16. The van der Waals surface area contributed by atoms with Gasteiger partial charge in [0.1, 0.15) is 18.5 Å². The summed E-state index contributed by atoms with van der Waals surface area (Å²) in [5.41, 5.74) is 5.14. The number of alkyl halides is 2. The van der Waals surface area contributed by atoms with Crippen LogP contribution in [0.4, 0.5) is 10.2 Å². The van der Waals surface area contributed by atoms with Crippen LogP contribution < -0.4 is 11.4 Å². The van der Waals surface area contributed by atoms with Crippen LogP contribution >= 0.6 is 22.6 Å². The Bertz CT molecular complexity index is 817. The number of rotatable bonds is 4. The third-order valence-corrected chi connectivity index (χ3v) is 5.25. The average molecular weight is 459 g/mol. The fourth-order valence-corrected chi connectivity index (χ4v) is 3.21. The zero-order chi connectivity index (χ0) is 18.0. The summed E-state index contributed by atoms with van der Waals surface area (Å²) < 4.78 is 25.8. The van der Waals surface area contributed by atoms with Gasteiger partial charge in [-0.25, -0.2) is 14.0 Å². The Morgan fingerprint density at radius 3 is 2.76 bits per heavy atom. The molecule has 1 saturated heterocycles. The number of hydrogen-bond acceptors (Lipinski definition) is 6. The fraction of sp³-hybridized carbons (Fsp3) is 0.312. The Morgan fingerprint density at radius 1 is 1.36 bits per heavy atom. The maximum atomic E-state index is 14.6. The molecule has 0 radical (unpaired) electrons. The molecule has 3 rings (SSSR count). The largest absolute Gasteiger partial charge is 0.459 e. The molecule has 1 fully saturated rings. The van der Waals surface area contributed by atoms with Gasteiger partial charge in [0.2, 0.25) is 0 Å². The quantitative estimate of drug-likeness (QED) is 0.425. The van der Waals surface area contributed by atoms with E-state index >= 15 is 0 Å². The lowest BCUT2D eigenvalue weighted by Crippen LogP contribution is -2.31. The van der Waals surface area contributed by atoms with Crippen LogP contribution in [0.1, 0.15) is 16.6 Å². The van der Waals surface area contributed by atoms with E-state index < -0.39 is 34.1 Å². The Labute approximate surface area is 156 Å². The Kier molecular flexibility index (Phi) is 5.33. The van der Waals surface area contributed by atoms with Crippen molar-refractivity contribution in [3.05, 3.63) is 58.6 Å². The first-order chi connectivity index (χ1) is 12.0. The number of esters is 1. The van der Waals surface area contributed by atoms with Gasteiger partial charge in [0.05, 0.1) is 9.49 Å². The number of anilines is 1. The Balaban J connectivity index is 1.68. The third-order valence-electron chi connectivity index (χ3n) is 3.76. The number of hydrogen-bond donors (Lipinski definition) is 1. The van der Waals surface area contributed by atoms with E-state index in [0.717, 1.165) is 4.57 Å². The molecule has 0 saturated carbocycles. The molecule has 2 N–H and O–H groups in total. The van der Waals surface area contributed by atoms with E-state index in [1.54, 1.807) is 30.3 Å². The summed E-state index contributed by atoms with van der Waals surface area (Å²) in [6.07, 6.45) is -1.94. The highest BCUT2D eigenvalue weighted by molar-refractivity contribution is 14.1. The number of nitrogens with two attached hydrogens (primary N) is 1. The van der Waals surface area contributed by atoms with Gasteiger partial charge in [-0.1, -0.05) is 40.8 Å². The third kappa shape index (κ3) is 3.82. The molecule has 0 amide bonds. The van der Waals surface area contributed by atoms with Crippen LogP contribution in [-0.2, 0) is 9.47 Å². The number of ether oxygens (including phenoxy) is 2. The first kappa shape index (κ1) is 17.8. The van der Waals surface area contributed by atoms with Gasteiger partial charge in [0.25, 0.3) is 0 Å². The minimum absolute atomic E-state index is 0.0500. The summed E-state index contributed by atoms with van der Waals surface area (Å²) in [5, 5.41) is 0. The summed E-state index contributed by atoms with van der Waals surface area (Å²) in [5.74, 6) is -0.466. The van der Waals surface area contributed by atoms with Crippen molar-refractivity contribution < 1.29 is 18.7 Å². The second kappa shape index (κ2) is 7.48. The van der Waals surface area contributed by atoms with Crippen molar-refractivity contribution >= 4 is 34.4 Å². The molecule has 1 aromatic heterocycles. The van der Waals surface area contributed by atoms with Crippen LogP contribution in [0.2, 0.25) is 0 Å². The predicted octanol–water partition coefficient (Wildman–Crippen LogP) is 1.72. The van der Waals surface area contributed by atoms with Crippen LogP contribution in [0.25, 0.3) is 0 Å². The zero-order valence-electron chi connectivity index (χ0n) is 12.9. The maximum absolute atomic E-state index is 14.6. The van der Waals surface area contributed by atoms with Crippen LogP contribution in [0.15, 0.2) is 47.4 Å². The monoisotopic (exact) mass is 459 g/mol. The summed E-state index contributed by atoms with van der Waals surface area (Å²) in [7, 11) is 0. The average Bonchev–Trinajstić information content (AvgIpc) is 2.89. The first-order valence-corrected chi connectivity index (χ1v) is 8.72. The Morgan fingerprint density at radius 2 is 2.08 bits per heavy atom. The molecule has 0 spiro atoms. The predicted molar refractivity (Wildman–Crippen MR) is 96.2 cm³/mol. The number of benzene rings is 1. The van der Waals surface area contributed by atoms with Gasteiger partial charge < -0.3 is 15.2 Å². The van der Waals surface area contributed by atoms with E-state index in [1.807, 2.05) is 22.6 Å². The summed E-state index contributed by atoms with van der Waals surface area (Å²) in [6.45, 7) is -0.116. The van der Waals surface area contributed by atoms with E-state index in [2.05, 4.69) is 4.98 Å². The number of nitrogen functional groups attached to an aromatic ring is 1. The standard InChI is InChI=1S/C16H15FIN3O4/c17-12-13(18)10(8-24-15(22)9-4-2-1-3-5-9)25-14(12)21-7-6-11(19)20-16(21)23/h1-7,10,12-14H,8H2,(H2,19,20,23)/t10-,12+,13-,14-/m1/s1. The number of aromatic nitrogens is 2. The van der Waals surface area contributed by atoms with Crippen molar-refractivity contribution in [3.63, 3.8) is 0 Å². The molecule has 2 aromatic rings. The SMILES string of the molecule is Nc1ccn([C@@H]2O[C@H](COC(=O)c3ccccc3)[C@@H](I)[C@@H]2F)c(=O)n1. The summed E-state index contributed by atoms with van der Waals surface area (Å²) in [4.78, 5) is 27.4. The number of carbonyl (C=O) groups excluding carboxylic acids is 1. The zero-order valence-corrected chi connectivity index (χ0v) is 15.1. The molecule has 0 aliphatic carbocycles. The summed E-state index contributed by atoms with van der Waals surface area (Å²) >= 11 is 1.89. The van der Waals surface area contributed by atoms with E-state index in [-0.39, 0.29) is 12.4 Å². The lowest BCUT2D eigenvalue weighted by molar-refractivity contribution is -0.0450. The minimum atomic E-state index is -1.45. The normalized spacial score (nSPS) is 25.7. The molecule has 1 aromatic carbocycles. The lowest BCUT2D eigenvalue weighted by atomic mass is 10.2. The van der Waals surface area contributed by atoms with Crippen molar-refractivity contribution in [1.82, 2.24) is 9.55 Å². The van der Waals surface area contributed by atoms with Gasteiger partial charge in [-0.15, -0.1) is 0 Å². The van der Waals surface area contributed by atoms with Gasteiger partial charge in [-0.3, -0.25) is 4.57 Å². The van der Waals surface area contributed by atoms with Crippen molar-refractivity contribution in [1.29, 1.82) is 0 Å². The molecule has 0 bridgehead atoms. The number of halogens is 2. The minimum Gasteiger partial charge on any atom is -0.459 e.